The van der Waals surface area contributed by atoms with Gasteiger partial charge in [-0.05, 0) is 25.1 Å². The number of aryl methyl sites for hydroxylation is 2. The van der Waals surface area contributed by atoms with Crippen molar-refractivity contribution in [1.82, 2.24) is 20.0 Å². The molecule has 0 aliphatic carbocycles. The number of amides is 1. The summed E-state index contributed by atoms with van der Waals surface area (Å²) in [4.78, 5) is 12.1. The van der Waals surface area contributed by atoms with Gasteiger partial charge in [0.05, 0.1) is 16.3 Å². The molecule has 1 amide bonds. The van der Waals surface area contributed by atoms with Gasteiger partial charge in [-0.3, -0.25) is 14.8 Å². The third-order valence-electron chi connectivity index (χ3n) is 2.99. The highest BCUT2D eigenvalue weighted by Gasteiger charge is 2.16. The van der Waals surface area contributed by atoms with Crippen LogP contribution in [0.2, 0.25) is 5.02 Å². The van der Waals surface area contributed by atoms with Crippen molar-refractivity contribution >= 4 is 23.5 Å². The minimum absolute atomic E-state index is 0.00114. The Hall–Kier alpha value is -2.67. The van der Waals surface area contributed by atoms with Crippen molar-refractivity contribution in [3.05, 3.63) is 46.6 Å². The van der Waals surface area contributed by atoms with E-state index in [2.05, 4.69) is 20.6 Å². The number of hydrogen-bond donors (Lipinski definition) is 1. The quantitative estimate of drug-likeness (QED) is 0.802. The highest BCUT2D eigenvalue weighted by molar-refractivity contribution is 6.34. The molecule has 8 heteroatoms. The largest absolute Gasteiger partial charge is 0.401 e. The third kappa shape index (κ3) is 2.71. The molecule has 0 atom stereocenters. The van der Waals surface area contributed by atoms with E-state index in [4.69, 9.17) is 16.0 Å². The summed E-state index contributed by atoms with van der Waals surface area (Å²) in [5.41, 5.74) is 1.83. The lowest BCUT2D eigenvalue weighted by Crippen LogP contribution is -2.12. The van der Waals surface area contributed by atoms with Gasteiger partial charge in [-0.1, -0.05) is 28.8 Å². The fourth-order valence-electron chi connectivity index (χ4n) is 2.00. The maximum absolute atomic E-state index is 12.1. The molecule has 0 aliphatic rings. The SMILES string of the molecule is Cc1cc(-c2nnc(NC(=O)c3ccccc3Cl)o2)n(C)n1. The number of carbonyl (C=O) groups is 1. The number of aromatic nitrogens is 4. The average molecular weight is 318 g/mol. The molecule has 0 aliphatic heterocycles. The third-order valence-corrected chi connectivity index (χ3v) is 3.31. The van der Waals surface area contributed by atoms with E-state index in [9.17, 15) is 4.79 Å². The summed E-state index contributed by atoms with van der Waals surface area (Å²) in [5.74, 6) is -0.139. The van der Waals surface area contributed by atoms with Crippen molar-refractivity contribution in [2.24, 2.45) is 7.05 Å². The van der Waals surface area contributed by atoms with Crippen LogP contribution in [0.3, 0.4) is 0 Å². The fourth-order valence-corrected chi connectivity index (χ4v) is 2.22. The van der Waals surface area contributed by atoms with Gasteiger partial charge in [-0.25, -0.2) is 0 Å². The van der Waals surface area contributed by atoms with Crippen LogP contribution >= 0.6 is 11.6 Å². The van der Waals surface area contributed by atoms with Crippen molar-refractivity contribution in [1.29, 1.82) is 0 Å². The van der Waals surface area contributed by atoms with Crippen LogP contribution in [-0.2, 0) is 7.05 Å². The second-order valence-electron chi connectivity index (χ2n) is 4.64. The predicted molar refractivity (Wildman–Crippen MR) is 80.6 cm³/mol. The van der Waals surface area contributed by atoms with E-state index in [0.717, 1.165) is 5.69 Å². The molecule has 0 saturated heterocycles. The van der Waals surface area contributed by atoms with Crippen molar-refractivity contribution in [3.8, 4) is 11.6 Å². The van der Waals surface area contributed by atoms with E-state index in [0.29, 0.717) is 16.3 Å². The number of hydrogen-bond acceptors (Lipinski definition) is 5. The molecule has 0 spiro atoms. The van der Waals surface area contributed by atoms with Crippen LogP contribution in [0.4, 0.5) is 6.01 Å². The van der Waals surface area contributed by atoms with Gasteiger partial charge in [-0.15, -0.1) is 5.10 Å². The molecule has 3 aromatic rings. The number of nitrogens with one attached hydrogen (secondary N) is 1. The Morgan fingerprint density at radius 2 is 2.09 bits per heavy atom. The van der Waals surface area contributed by atoms with Crippen LogP contribution in [0.15, 0.2) is 34.7 Å². The zero-order chi connectivity index (χ0) is 15.7. The zero-order valence-electron chi connectivity index (χ0n) is 11.9. The Morgan fingerprint density at radius 3 is 2.77 bits per heavy atom. The first-order valence-corrected chi connectivity index (χ1v) is 6.83. The Bertz CT molecular complexity index is 839. The summed E-state index contributed by atoms with van der Waals surface area (Å²) in [6, 6.07) is 8.52. The van der Waals surface area contributed by atoms with Crippen molar-refractivity contribution < 1.29 is 9.21 Å². The predicted octanol–water partition coefficient (Wildman–Crippen LogP) is 2.68. The lowest BCUT2D eigenvalue weighted by Gasteiger charge is -2.02. The highest BCUT2D eigenvalue weighted by atomic mass is 35.5. The second kappa shape index (κ2) is 5.61. The molecule has 1 N–H and O–H groups in total. The molecule has 1 aromatic carbocycles. The second-order valence-corrected chi connectivity index (χ2v) is 5.05. The Labute approximate surface area is 130 Å². The van der Waals surface area contributed by atoms with Crippen LogP contribution < -0.4 is 5.32 Å². The van der Waals surface area contributed by atoms with Gasteiger partial charge in [0.15, 0.2) is 0 Å². The van der Waals surface area contributed by atoms with Gasteiger partial charge < -0.3 is 4.42 Å². The van der Waals surface area contributed by atoms with Crippen LogP contribution in [0.5, 0.6) is 0 Å². The lowest BCUT2D eigenvalue weighted by molar-refractivity contribution is 0.102. The smallest absolute Gasteiger partial charge is 0.322 e. The van der Waals surface area contributed by atoms with Crippen LogP contribution in [0.25, 0.3) is 11.6 Å². The van der Waals surface area contributed by atoms with Crippen molar-refractivity contribution in [3.63, 3.8) is 0 Å². The molecule has 2 heterocycles. The van der Waals surface area contributed by atoms with E-state index < -0.39 is 5.91 Å². The molecule has 22 heavy (non-hydrogen) atoms. The number of benzene rings is 1. The van der Waals surface area contributed by atoms with Crippen LogP contribution in [0.1, 0.15) is 16.1 Å². The molecule has 2 aromatic heterocycles. The highest BCUT2D eigenvalue weighted by Crippen LogP contribution is 2.21. The van der Waals surface area contributed by atoms with E-state index in [1.54, 1.807) is 36.0 Å². The molecule has 7 nitrogen and oxygen atoms in total. The van der Waals surface area contributed by atoms with E-state index in [-0.39, 0.29) is 11.9 Å². The van der Waals surface area contributed by atoms with Gasteiger partial charge in [-0.2, -0.15) is 5.10 Å². The summed E-state index contributed by atoms with van der Waals surface area (Å²) in [6.45, 7) is 1.86. The molecular formula is C14H12ClN5O2. The molecule has 0 saturated carbocycles. The normalized spacial score (nSPS) is 10.7. The fraction of sp³-hybridized carbons (Fsp3) is 0.143. The number of carbonyl (C=O) groups excluding carboxylic acids is 1. The number of rotatable bonds is 3. The minimum atomic E-state index is -0.415. The van der Waals surface area contributed by atoms with Gasteiger partial charge in [0.1, 0.15) is 5.69 Å². The topological polar surface area (TPSA) is 85.8 Å². The Balaban J connectivity index is 1.82. The van der Waals surface area contributed by atoms with Gasteiger partial charge in [0, 0.05) is 7.05 Å². The van der Waals surface area contributed by atoms with Crippen LogP contribution in [-0.4, -0.2) is 25.9 Å². The zero-order valence-corrected chi connectivity index (χ0v) is 12.6. The van der Waals surface area contributed by atoms with Gasteiger partial charge in [0.25, 0.3) is 11.8 Å². The Kier molecular flexibility index (Phi) is 3.64. The number of anilines is 1. The standard InChI is InChI=1S/C14H12ClN5O2/c1-8-7-11(20(2)19-8)13-17-18-14(22-13)16-12(21)9-5-3-4-6-10(9)15/h3-7H,1-2H3,(H,16,18,21). The van der Waals surface area contributed by atoms with E-state index >= 15 is 0 Å². The summed E-state index contributed by atoms with van der Waals surface area (Å²) in [6.07, 6.45) is 0. The first kappa shape index (κ1) is 14.3. The molecular weight excluding hydrogens is 306 g/mol. The van der Waals surface area contributed by atoms with Crippen molar-refractivity contribution in [2.45, 2.75) is 6.92 Å². The molecule has 3 rings (SSSR count). The maximum atomic E-state index is 12.1. The van der Waals surface area contributed by atoms with Crippen molar-refractivity contribution in [2.75, 3.05) is 5.32 Å². The molecule has 112 valence electrons. The molecule has 0 fully saturated rings. The number of halogens is 1. The monoisotopic (exact) mass is 317 g/mol. The van der Waals surface area contributed by atoms with Crippen LogP contribution in [0, 0.1) is 6.92 Å². The summed E-state index contributed by atoms with van der Waals surface area (Å²) in [7, 11) is 1.77. The molecule has 0 unspecified atom stereocenters. The summed E-state index contributed by atoms with van der Waals surface area (Å²) >= 11 is 5.97. The molecule has 0 radical (unpaired) electrons. The summed E-state index contributed by atoms with van der Waals surface area (Å²) < 4.78 is 7.07. The Morgan fingerprint density at radius 1 is 1.32 bits per heavy atom. The minimum Gasteiger partial charge on any atom is -0.401 e. The van der Waals surface area contributed by atoms with E-state index in [1.165, 1.54) is 0 Å². The average Bonchev–Trinajstić information content (AvgIpc) is 3.05. The van der Waals surface area contributed by atoms with E-state index in [1.807, 2.05) is 13.0 Å². The van der Waals surface area contributed by atoms with Gasteiger partial charge in [0.2, 0.25) is 0 Å². The number of nitrogens with zero attached hydrogens (tertiary/aromatic N) is 4. The lowest BCUT2D eigenvalue weighted by atomic mass is 10.2. The van der Waals surface area contributed by atoms with Gasteiger partial charge >= 0.3 is 6.01 Å². The summed E-state index contributed by atoms with van der Waals surface area (Å²) in [5, 5.41) is 14.8. The first-order chi connectivity index (χ1) is 10.5. The molecule has 0 bridgehead atoms. The first-order valence-electron chi connectivity index (χ1n) is 6.45. The maximum Gasteiger partial charge on any atom is 0.322 e.